The molecular weight excluding hydrogens is 227 g/mol. The van der Waals surface area contributed by atoms with Crippen LogP contribution in [-0.2, 0) is 4.74 Å². The van der Waals surface area contributed by atoms with Gasteiger partial charge in [0.25, 0.3) is 0 Å². The molecule has 0 aromatic rings. The summed E-state index contributed by atoms with van der Waals surface area (Å²) < 4.78 is 6.05. The van der Waals surface area contributed by atoms with Crippen LogP contribution in [0.3, 0.4) is 0 Å². The Labute approximate surface area is 111 Å². The van der Waals surface area contributed by atoms with Crippen molar-refractivity contribution in [3.8, 4) is 0 Å². The van der Waals surface area contributed by atoms with Gasteiger partial charge in [0.2, 0.25) is 0 Å². The molecule has 104 valence electrons. The molecule has 2 N–H and O–H groups in total. The van der Waals surface area contributed by atoms with E-state index < -0.39 is 7.12 Å². The zero-order valence-corrected chi connectivity index (χ0v) is 11.6. The highest BCUT2D eigenvalue weighted by Gasteiger charge is 2.34. The summed E-state index contributed by atoms with van der Waals surface area (Å²) in [5.41, 5.74) is 0. The van der Waals surface area contributed by atoms with Gasteiger partial charge >= 0.3 is 7.12 Å². The maximum Gasteiger partial charge on any atom is 0.454 e. The summed E-state index contributed by atoms with van der Waals surface area (Å²) in [5, 5.41) is 18.4. The van der Waals surface area contributed by atoms with Crippen molar-refractivity contribution in [3.63, 3.8) is 0 Å². The minimum atomic E-state index is -1.12. The van der Waals surface area contributed by atoms with Gasteiger partial charge < -0.3 is 14.8 Å². The average Bonchev–Trinajstić information content (AvgIpc) is 2.40. The van der Waals surface area contributed by atoms with Crippen LogP contribution >= 0.6 is 0 Å². The molecule has 3 nitrogen and oxygen atoms in total. The molecule has 0 aromatic heterocycles. The van der Waals surface area contributed by atoms with Gasteiger partial charge in [-0.2, -0.15) is 0 Å². The highest BCUT2D eigenvalue weighted by Crippen LogP contribution is 2.39. The van der Waals surface area contributed by atoms with Crippen molar-refractivity contribution >= 4 is 7.12 Å². The fourth-order valence-corrected chi connectivity index (χ4v) is 3.65. The first-order valence-corrected chi connectivity index (χ1v) is 7.68. The number of hydrogen-bond donors (Lipinski definition) is 2. The molecule has 0 aromatic carbocycles. The first-order chi connectivity index (χ1) is 8.70. The van der Waals surface area contributed by atoms with E-state index in [1.165, 1.54) is 25.7 Å². The molecule has 2 unspecified atom stereocenters. The second-order valence-corrected chi connectivity index (χ2v) is 6.19. The van der Waals surface area contributed by atoms with Gasteiger partial charge in [0, 0.05) is 6.61 Å². The topological polar surface area (TPSA) is 49.7 Å². The second-order valence-electron chi connectivity index (χ2n) is 6.19. The summed E-state index contributed by atoms with van der Waals surface area (Å²) in [6.45, 7) is 3.19. The van der Waals surface area contributed by atoms with Crippen molar-refractivity contribution < 1.29 is 14.8 Å². The summed E-state index contributed by atoms with van der Waals surface area (Å²) in [6, 6.07) is 0. The van der Waals surface area contributed by atoms with Crippen molar-refractivity contribution in [2.24, 2.45) is 11.8 Å². The van der Waals surface area contributed by atoms with Crippen LogP contribution in [0.1, 0.15) is 58.3 Å². The molecule has 0 bridgehead atoms. The Morgan fingerprint density at radius 3 is 2.28 bits per heavy atom. The predicted octanol–water partition coefficient (Wildman–Crippen LogP) is 2.61. The van der Waals surface area contributed by atoms with E-state index in [2.05, 4.69) is 6.92 Å². The van der Waals surface area contributed by atoms with Crippen molar-refractivity contribution in [1.82, 2.24) is 0 Å². The van der Waals surface area contributed by atoms with Crippen molar-refractivity contribution in [2.75, 3.05) is 6.61 Å². The van der Waals surface area contributed by atoms with E-state index in [-0.39, 0.29) is 5.82 Å². The molecule has 4 heteroatoms. The third-order valence-electron chi connectivity index (χ3n) is 4.87. The number of rotatable bonds is 4. The number of hydrogen-bond acceptors (Lipinski definition) is 3. The van der Waals surface area contributed by atoms with Crippen LogP contribution in [0.15, 0.2) is 0 Å². The van der Waals surface area contributed by atoms with Gasteiger partial charge in [-0.05, 0) is 49.8 Å². The lowest BCUT2D eigenvalue weighted by Gasteiger charge is -2.37. The van der Waals surface area contributed by atoms with Gasteiger partial charge in [0.1, 0.15) is 0 Å². The summed E-state index contributed by atoms with van der Waals surface area (Å²) in [4.78, 5) is 0. The maximum absolute atomic E-state index is 9.19. The molecule has 1 heterocycles. The summed E-state index contributed by atoms with van der Waals surface area (Å²) >= 11 is 0. The van der Waals surface area contributed by atoms with E-state index in [4.69, 9.17) is 4.74 Å². The van der Waals surface area contributed by atoms with Crippen LogP contribution in [0.25, 0.3) is 0 Å². The van der Waals surface area contributed by atoms with Crippen molar-refractivity contribution in [3.05, 3.63) is 0 Å². The lowest BCUT2D eigenvalue weighted by Crippen LogP contribution is -2.35. The Bertz CT molecular complexity index is 231. The lowest BCUT2D eigenvalue weighted by atomic mass is 9.62. The van der Waals surface area contributed by atoms with E-state index in [1.54, 1.807) is 0 Å². The third kappa shape index (κ3) is 3.72. The Kier molecular flexibility index (Phi) is 5.52. The largest absolute Gasteiger partial charge is 0.454 e. The molecule has 0 spiro atoms. The molecule has 1 aliphatic carbocycles. The smallest absolute Gasteiger partial charge is 0.427 e. The van der Waals surface area contributed by atoms with E-state index in [0.29, 0.717) is 12.0 Å². The van der Waals surface area contributed by atoms with Crippen molar-refractivity contribution in [2.45, 2.75) is 70.2 Å². The van der Waals surface area contributed by atoms with Crippen LogP contribution in [-0.4, -0.2) is 29.9 Å². The highest BCUT2D eigenvalue weighted by molar-refractivity contribution is 6.43. The Balaban J connectivity index is 1.71. The second kappa shape index (κ2) is 6.92. The zero-order chi connectivity index (χ0) is 13.0. The molecule has 1 saturated carbocycles. The molecule has 1 saturated heterocycles. The van der Waals surface area contributed by atoms with Gasteiger partial charge in [0.15, 0.2) is 0 Å². The summed E-state index contributed by atoms with van der Waals surface area (Å²) in [5.74, 6) is 1.53. The van der Waals surface area contributed by atoms with Gasteiger partial charge in [0.05, 0.1) is 6.10 Å². The Morgan fingerprint density at radius 1 is 1.06 bits per heavy atom. The van der Waals surface area contributed by atoms with E-state index in [0.717, 1.165) is 38.2 Å². The molecule has 2 rings (SSSR count). The fourth-order valence-electron chi connectivity index (χ4n) is 3.65. The molecular formula is C14H27BO3. The lowest BCUT2D eigenvalue weighted by molar-refractivity contribution is -0.0569. The van der Waals surface area contributed by atoms with Crippen LogP contribution in [0, 0.1) is 11.8 Å². The minimum Gasteiger partial charge on any atom is -0.427 e. The summed E-state index contributed by atoms with van der Waals surface area (Å²) in [6.07, 6.45) is 9.63. The first kappa shape index (κ1) is 14.4. The van der Waals surface area contributed by atoms with E-state index in [1.807, 2.05) is 0 Å². The fraction of sp³-hybridized carbons (Fsp3) is 1.00. The van der Waals surface area contributed by atoms with E-state index in [9.17, 15) is 10.0 Å². The predicted molar refractivity (Wildman–Crippen MR) is 73.3 cm³/mol. The average molecular weight is 254 g/mol. The molecule has 0 radical (unpaired) electrons. The SMILES string of the molecule is CCCC1CCC(C2CCC(B(O)O)CC2)OC1. The molecule has 0 amide bonds. The standard InChI is InChI=1S/C14H27BO3/c1-2-3-11-4-9-14(18-10-11)12-5-7-13(8-6-12)15(16)17/h11-14,16-17H,2-10H2,1H3. The molecule has 2 aliphatic rings. The monoisotopic (exact) mass is 254 g/mol. The molecule has 1 aliphatic heterocycles. The first-order valence-electron chi connectivity index (χ1n) is 7.68. The molecule has 18 heavy (non-hydrogen) atoms. The molecule has 2 fully saturated rings. The molecule has 2 atom stereocenters. The minimum absolute atomic E-state index is 0.0951. The summed E-state index contributed by atoms with van der Waals surface area (Å²) in [7, 11) is -1.12. The quantitative estimate of drug-likeness (QED) is 0.758. The van der Waals surface area contributed by atoms with Crippen LogP contribution in [0.2, 0.25) is 5.82 Å². The van der Waals surface area contributed by atoms with E-state index >= 15 is 0 Å². The van der Waals surface area contributed by atoms with Gasteiger partial charge in [-0.3, -0.25) is 0 Å². The van der Waals surface area contributed by atoms with Crippen LogP contribution < -0.4 is 0 Å². The zero-order valence-electron chi connectivity index (χ0n) is 11.6. The van der Waals surface area contributed by atoms with Gasteiger partial charge in [-0.1, -0.05) is 26.2 Å². The third-order valence-corrected chi connectivity index (χ3v) is 4.87. The van der Waals surface area contributed by atoms with Crippen molar-refractivity contribution in [1.29, 1.82) is 0 Å². The van der Waals surface area contributed by atoms with Gasteiger partial charge in [-0.25, -0.2) is 0 Å². The Morgan fingerprint density at radius 2 is 1.78 bits per heavy atom. The number of ether oxygens (including phenoxy) is 1. The van der Waals surface area contributed by atoms with Crippen LogP contribution in [0.5, 0.6) is 0 Å². The maximum atomic E-state index is 9.19. The highest BCUT2D eigenvalue weighted by atomic mass is 16.5. The normalized spacial score (nSPS) is 37.5. The van der Waals surface area contributed by atoms with Crippen LogP contribution in [0.4, 0.5) is 0 Å². The van der Waals surface area contributed by atoms with Gasteiger partial charge in [-0.15, -0.1) is 0 Å². The Hall–Kier alpha value is -0.0551.